The van der Waals surface area contributed by atoms with Gasteiger partial charge in [-0.3, -0.25) is 4.90 Å². The lowest BCUT2D eigenvalue weighted by molar-refractivity contribution is -0.143. The molecule has 0 aliphatic carbocycles. The van der Waals surface area contributed by atoms with E-state index in [1.807, 2.05) is 16.7 Å². The average Bonchev–Trinajstić information content (AvgIpc) is 2.90. The Kier molecular flexibility index (Phi) is 6.26. The van der Waals surface area contributed by atoms with Gasteiger partial charge < -0.3 is 10.2 Å². The molecule has 2 fully saturated rings. The summed E-state index contributed by atoms with van der Waals surface area (Å²) in [6.07, 6.45) is -2.38. The Morgan fingerprint density at radius 3 is 2.77 bits per heavy atom. The van der Waals surface area contributed by atoms with Crippen LogP contribution in [0.1, 0.15) is 19.8 Å². The van der Waals surface area contributed by atoms with Crippen LogP contribution in [0.5, 0.6) is 0 Å². The van der Waals surface area contributed by atoms with Crippen molar-refractivity contribution in [3.63, 3.8) is 0 Å². The number of hydrogen-bond donors (Lipinski definition) is 1. The molecule has 0 bridgehead atoms. The first-order valence-electron chi connectivity index (χ1n) is 7.81. The zero-order valence-corrected chi connectivity index (χ0v) is 13.7. The van der Waals surface area contributed by atoms with Gasteiger partial charge in [0.1, 0.15) is 0 Å². The van der Waals surface area contributed by atoms with Crippen LogP contribution in [0.2, 0.25) is 0 Å². The zero-order valence-electron chi connectivity index (χ0n) is 12.9. The fourth-order valence-electron chi connectivity index (χ4n) is 2.97. The summed E-state index contributed by atoms with van der Waals surface area (Å²) in [7, 11) is 0. The van der Waals surface area contributed by atoms with Crippen LogP contribution in [-0.4, -0.2) is 72.3 Å². The fraction of sp³-hybridized carbons (Fsp3) is 0.929. The minimum Gasteiger partial charge on any atom is -0.338 e. The summed E-state index contributed by atoms with van der Waals surface area (Å²) in [5, 5.41) is 3.39. The van der Waals surface area contributed by atoms with Crippen LogP contribution >= 0.6 is 11.8 Å². The Labute approximate surface area is 133 Å². The number of alkyl halides is 3. The highest BCUT2D eigenvalue weighted by Crippen LogP contribution is 2.23. The SMILES string of the molecule is CC[C@@H]1CN(C(=O)NC[C@H]2CCN(CC(F)(F)F)C2)CCS1. The second-order valence-corrected chi connectivity index (χ2v) is 7.45. The van der Waals surface area contributed by atoms with Crippen LogP contribution < -0.4 is 5.32 Å². The Morgan fingerprint density at radius 1 is 1.32 bits per heavy atom. The first-order valence-corrected chi connectivity index (χ1v) is 8.85. The predicted octanol–water partition coefficient (Wildman–Crippen LogP) is 2.41. The summed E-state index contributed by atoms with van der Waals surface area (Å²) in [5.74, 6) is 1.07. The number of nitrogens with zero attached hydrogens (tertiary/aromatic N) is 2. The smallest absolute Gasteiger partial charge is 0.338 e. The third kappa shape index (κ3) is 5.53. The molecule has 0 aromatic carbocycles. The molecule has 2 aliphatic rings. The molecule has 1 N–H and O–H groups in total. The molecule has 0 unspecified atom stereocenters. The quantitative estimate of drug-likeness (QED) is 0.854. The maximum atomic E-state index is 12.3. The normalized spacial score (nSPS) is 27.2. The molecule has 0 radical (unpaired) electrons. The molecule has 0 aromatic rings. The standard InChI is InChI=1S/C14H24F3N3OS/c1-2-12-9-20(5-6-22-12)13(21)18-7-11-3-4-19(8-11)10-14(15,16)17/h11-12H,2-10H2,1H3,(H,18,21)/t11-,12-/m1/s1. The van der Waals surface area contributed by atoms with Crippen LogP contribution in [0.3, 0.4) is 0 Å². The van der Waals surface area contributed by atoms with Crippen LogP contribution in [0.25, 0.3) is 0 Å². The lowest BCUT2D eigenvalue weighted by atomic mass is 10.1. The van der Waals surface area contributed by atoms with Crippen LogP contribution in [0.4, 0.5) is 18.0 Å². The van der Waals surface area contributed by atoms with Gasteiger partial charge in [-0.2, -0.15) is 24.9 Å². The molecule has 2 heterocycles. The summed E-state index contributed by atoms with van der Waals surface area (Å²) in [6, 6.07) is -0.0759. The number of hydrogen-bond acceptors (Lipinski definition) is 3. The average molecular weight is 339 g/mol. The Morgan fingerprint density at radius 2 is 2.09 bits per heavy atom. The summed E-state index contributed by atoms with van der Waals surface area (Å²) in [6.45, 7) is 4.11. The lowest BCUT2D eigenvalue weighted by Gasteiger charge is -2.32. The van der Waals surface area contributed by atoms with Gasteiger partial charge in [0.15, 0.2) is 0 Å². The molecule has 2 amide bonds. The largest absolute Gasteiger partial charge is 0.401 e. The van der Waals surface area contributed by atoms with Gasteiger partial charge in [-0.25, -0.2) is 4.79 Å². The van der Waals surface area contributed by atoms with Crippen LogP contribution in [0.15, 0.2) is 0 Å². The van der Waals surface area contributed by atoms with E-state index in [1.165, 1.54) is 4.90 Å². The molecule has 0 aromatic heterocycles. The second-order valence-electron chi connectivity index (χ2n) is 6.04. The maximum Gasteiger partial charge on any atom is 0.401 e. The number of rotatable bonds is 4. The van der Waals surface area contributed by atoms with Crippen LogP contribution in [-0.2, 0) is 0 Å². The van der Waals surface area contributed by atoms with Crippen molar-refractivity contribution in [2.45, 2.75) is 31.2 Å². The van der Waals surface area contributed by atoms with E-state index in [1.54, 1.807) is 0 Å². The number of likely N-dealkylation sites (tertiary alicyclic amines) is 1. The highest BCUT2D eigenvalue weighted by atomic mass is 32.2. The number of urea groups is 1. The molecule has 0 saturated carbocycles. The minimum atomic E-state index is -4.14. The van der Waals surface area contributed by atoms with Crippen molar-refractivity contribution in [2.75, 3.05) is 45.0 Å². The third-order valence-electron chi connectivity index (χ3n) is 4.20. The van der Waals surface area contributed by atoms with Crippen molar-refractivity contribution >= 4 is 17.8 Å². The van der Waals surface area contributed by atoms with Crippen molar-refractivity contribution in [2.24, 2.45) is 5.92 Å². The van der Waals surface area contributed by atoms with Crippen molar-refractivity contribution in [3.8, 4) is 0 Å². The number of amides is 2. The number of carbonyl (C=O) groups is 1. The third-order valence-corrected chi connectivity index (χ3v) is 5.57. The van der Waals surface area contributed by atoms with Gasteiger partial charge in [-0.05, 0) is 25.3 Å². The maximum absolute atomic E-state index is 12.3. The zero-order chi connectivity index (χ0) is 16.2. The van der Waals surface area contributed by atoms with Gasteiger partial charge in [0.25, 0.3) is 0 Å². The summed E-state index contributed by atoms with van der Waals surface area (Å²) >= 11 is 1.90. The van der Waals surface area contributed by atoms with E-state index in [2.05, 4.69) is 12.2 Å². The molecule has 8 heteroatoms. The van der Waals surface area contributed by atoms with E-state index in [4.69, 9.17) is 0 Å². The van der Waals surface area contributed by atoms with Gasteiger partial charge in [-0.1, -0.05) is 6.92 Å². The van der Waals surface area contributed by atoms with Gasteiger partial charge in [0.2, 0.25) is 0 Å². The topological polar surface area (TPSA) is 35.6 Å². The molecular formula is C14H24F3N3OS. The van der Waals surface area contributed by atoms with E-state index in [0.717, 1.165) is 25.3 Å². The summed E-state index contributed by atoms with van der Waals surface area (Å²) in [4.78, 5) is 15.4. The Balaban J connectivity index is 1.69. The highest BCUT2D eigenvalue weighted by Gasteiger charge is 2.34. The van der Waals surface area contributed by atoms with Crippen molar-refractivity contribution < 1.29 is 18.0 Å². The molecule has 4 nitrogen and oxygen atoms in total. The minimum absolute atomic E-state index is 0.0759. The number of nitrogens with one attached hydrogen (secondary N) is 1. The van der Waals surface area contributed by atoms with Crippen molar-refractivity contribution in [1.29, 1.82) is 0 Å². The molecule has 22 heavy (non-hydrogen) atoms. The van der Waals surface area contributed by atoms with Gasteiger partial charge in [0, 0.05) is 37.2 Å². The van der Waals surface area contributed by atoms with Crippen LogP contribution in [0, 0.1) is 5.92 Å². The molecule has 128 valence electrons. The highest BCUT2D eigenvalue weighted by molar-refractivity contribution is 8.00. The number of thioether (sulfide) groups is 1. The Hall–Kier alpha value is -0.630. The van der Waals surface area contributed by atoms with Crippen molar-refractivity contribution in [1.82, 2.24) is 15.1 Å². The van der Waals surface area contributed by atoms with E-state index < -0.39 is 12.7 Å². The molecule has 0 spiro atoms. The van der Waals surface area contributed by atoms with E-state index in [-0.39, 0.29) is 11.9 Å². The monoisotopic (exact) mass is 339 g/mol. The Bertz CT molecular complexity index is 381. The number of carbonyl (C=O) groups excluding carboxylic acids is 1. The van der Waals surface area contributed by atoms with E-state index >= 15 is 0 Å². The number of halogens is 3. The molecule has 2 atom stereocenters. The van der Waals surface area contributed by atoms with Crippen molar-refractivity contribution in [3.05, 3.63) is 0 Å². The summed E-state index contributed by atoms with van der Waals surface area (Å²) in [5.41, 5.74) is 0. The molecule has 2 aliphatic heterocycles. The second kappa shape index (κ2) is 7.77. The molecule has 2 saturated heterocycles. The van der Waals surface area contributed by atoms with Gasteiger partial charge in [0.05, 0.1) is 6.54 Å². The first kappa shape index (κ1) is 17.7. The van der Waals surface area contributed by atoms with E-state index in [0.29, 0.717) is 31.3 Å². The predicted molar refractivity (Wildman–Crippen MR) is 82.1 cm³/mol. The summed E-state index contributed by atoms with van der Waals surface area (Å²) < 4.78 is 37.0. The van der Waals surface area contributed by atoms with Gasteiger partial charge >= 0.3 is 12.2 Å². The lowest BCUT2D eigenvalue weighted by Crippen LogP contribution is -2.48. The molecular weight excluding hydrogens is 315 g/mol. The van der Waals surface area contributed by atoms with E-state index in [9.17, 15) is 18.0 Å². The molecule has 2 rings (SSSR count). The fourth-order valence-corrected chi connectivity index (χ4v) is 4.15. The van der Waals surface area contributed by atoms with Gasteiger partial charge in [-0.15, -0.1) is 0 Å². The first-order chi connectivity index (χ1) is 10.4.